The molecule has 0 fully saturated rings. The van der Waals surface area contributed by atoms with Gasteiger partial charge in [0, 0.05) is 29.3 Å². The Hall–Kier alpha value is -3.58. The van der Waals surface area contributed by atoms with Crippen LogP contribution in [0.1, 0.15) is 0 Å². The first-order chi connectivity index (χ1) is 13.6. The van der Waals surface area contributed by atoms with Gasteiger partial charge in [-0.15, -0.1) is 0 Å². The molecule has 28 heavy (non-hydrogen) atoms. The second kappa shape index (κ2) is 6.24. The lowest BCUT2D eigenvalue weighted by atomic mass is 9.99. The van der Waals surface area contributed by atoms with Crippen LogP contribution in [0.4, 0.5) is 4.39 Å². The molecule has 0 saturated heterocycles. The van der Waals surface area contributed by atoms with E-state index in [0.717, 1.165) is 0 Å². The van der Waals surface area contributed by atoms with Gasteiger partial charge >= 0.3 is 5.56 Å². The predicted octanol–water partition coefficient (Wildman–Crippen LogP) is 3.54. The number of aromatic nitrogens is 5. The Morgan fingerprint density at radius 1 is 1.11 bits per heavy atom. The van der Waals surface area contributed by atoms with Crippen LogP contribution in [0.3, 0.4) is 0 Å². The van der Waals surface area contributed by atoms with Crippen LogP contribution in [0.5, 0.6) is 0 Å². The van der Waals surface area contributed by atoms with Crippen molar-refractivity contribution in [2.24, 2.45) is 0 Å². The van der Waals surface area contributed by atoms with Gasteiger partial charge in [0.1, 0.15) is 16.9 Å². The Kier molecular flexibility index (Phi) is 3.70. The minimum atomic E-state index is -0.421. The van der Waals surface area contributed by atoms with Crippen LogP contribution in [0.2, 0.25) is 5.02 Å². The summed E-state index contributed by atoms with van der Waals surface area (Å²) in [6.45, 7) is 0. The van der Waals surface area contributed by atoms with Gasteiger partial charge in [0.15, 0.2) is 12.4 Å². The van der Waals surface area contributed by atoms with Crippen molar-refractivity contribution < 1.29 is 8.96 Å². The van der Waals surface area contributed by atoms with Gasteiger partial charge in [-0.2, -0.15) is 9.67 Å². The maximum atomic E-state index is 14.2. The van der Waals surface area contributed by atoms with Gasteiger partial charge in [-0.3, -0.25) is 14.9 Å². The fourth-order valence-electron chi connectivity index (χ4n) is 3.41. The minimum absolute atomic E-state index is 0.268. The lowest BCUT2D eigenvalue weighted by Crippen LogP contribution is -2.37. The molecule has 2 N–H and O–H groups in total. The van der Waals surface area contributed by atoms with Crippen molar-refractivity contribution in [1.29, 1.82) is 0 Å². The molecule has 0 radical (unpaired) electrons. The highest BCUT2D eigenvalue weighted by atomic mass is 35.5. The van der Waals surface area contributed by atoms with Crippen LogP contribution in [0, 0.1) is 5.82 Å². The molecule has 0 aliphatic rings. The third kappa shape index (κ3) is 2.48. The van der Waals surface area contributed by atoms with Gasteiger partial charge in [-0.1, -0.05) is 23.7 Å². The standard InChI is InChI=1S/C20H11ClFN5O/c21-11-8-15-18(23-9-11)16(12-4-5-14(22)17-13(12)10-24-26-17)19(20(28)25-15)27-6-2-1-3-7-27/h1-10H,(H-,24,25,26,28)/p+1. The Morgan fingerprint density at radius 2 is 1.93 bits per heavy atom. The summed E-state index contributed by atoms with van der Waals surface area (Å²) in [5, 5.41) is 7.60. The molecular weight excluding hydrogens is 381 g/mol. The van der Waals surface area contributed by atoms with Gasteiger partial charge in [-0.25, -0.2) is 4.39 Å². The maximum Gasteiger partial charge on any atom is 0.321 e. The molecule has 6 nitrogen and oxygen atoms in total. The smallest absolute Gasteiger partial charge is 0.315 e. The zero-order valence-electron chi connectivity index (χ0n) is 14.3. The number of hydrogen-bond acceptors (Lipinski definition) is 3. The number of nitrogens with zero attached hydrogens (tertiary/aromatic N) is 3. The van der Waals surface area contributed by atoms with E-state index in [1.54, 1.807) is 29.1 Å². The van der Waals surface area contributed by atoms with Crippen molar-refractivity contribution in [2.45, 2.75) is 0 Å². The quantitative estimate of drug-likeness (QED) is 0.451. The average Bonchev–Trinajstić information content (AvgIpc) is 3.19. The van der Waals surface area contributed by atoms with Crippen LogP contribution >= 0.6 is 11.6 Å². The molecule has 8 heteroatoms. The molecule has 0 saturated carbocycles. The summed E-state index contributed by atoms with van der Waals surface area (Å²) < 4.78 is 15.9. The van der Waals surface area contributed by atoms with E-state index in [-0.39, 0.29) is 11.1 Å². The van der Waals surface area contributed by atoms with Gasteiger partial charge in [0.2, 0.25) is 0 Å². The lowest BCUT2D eigenvalue weighted by molar-refractivity contribution is -0.596. The highest BCUT2D eigenvalue weighted by Gasteiger charge is 2.25. The molecule has 0 unspecified atom stereocenters. The van der Waals surface area contributed by atoms with Crippen LogP contribution in [0.25, 0.3) is 38.8 Å². The Bertz CT molecular complexity index is 1410. The SMILES string of the molecule is O=c1[nH]c2cc(Cl)cnc2c(-c2ccc(F)c3[nH]ncc23)c1-[n+]1ccccc1. The van der Waals surface area contributed by atoms with E-state index < -0.39 is 5.82 Å². The summed E-state index contributed by atoms with van der Waals surface area (Å²) in [6.07, 6.45) is 6.59. The van der Waals surface area contributed by atoms with Crippen molar-refractivity contribution in [3.8, 4) is 16.8 Å². The van der Waals surface area contributed by atoms with E-state index in [9.17, 15) is 9.18 Å². The molecule has 0 bridgehead atoms. The monoisotopic (exact) mass is 392 g/mol. The van der Waals surface area contributed by atoms with Crippen molar-refractivity contribution >= 4 is 33.5 Å². The highest BCUT2D eigenvalue weighted by molar-refractivity contribution is 6.31. The summed E-state index contributed by atoms with van der Waals surface area (Å²) in [4.78, 5) is 20.3. The van der Waals surface area contributed by atoms with Crippen LogP contribution in [-0.4, -0.2) is 20.2 Å². The number of fused-ring (bicyclic) bond motifs is 2. The topological polar surface area (TPSA) is 78.3 Å². The number of aromatic amines is 2. The van der Waals surface area contributed by atoms with E-state index in [1.807, 2.05) is 18.2 Å². The summed E-state index contributed by atoms with van der Waals surface area (Å²) in [5.74, 6) is -0.421. The van der Waals surface area contributed by atoms with Gasteiger partial charge < -0.3 is 4.98 Å². The highest BCUT2D eigenvalue weighted by Crippen LogP contribution is 2.34. The fraction of sp³-hybridized carbons (Fsp3) is 0. The van der Waals surface area contributed by atoms with Crippen molar-refractivity contribution in [3.63, 3.8) is 0 Å². The third-order valence-corrected chi connectivity index (χ3v) is 4.81. The Balaban J connectivity index is 2.00. The normalized spacial score (nSPS) is 11.4. The zero-order valence-corrected chi connectivity index (χ0v) is 15.0. The van der Waals surface area contributed by atoms with E-state index >= 15 is 0 Å². The number of hydrogen-bond donors (Lipinski definition) is 2. The van der Waals surface area contributed by atoms with Gasteiger partial charge in [0.25, 0.3) is 5.69 Å². The number of nitrogens with one attached hydrogen (secondary N) is 2. The predicted molar refractivity (Wildman–Crippen MR) is 104 cm³/mol. The first-order valence-corrected chi connectivity index (χ1v) is 8.81. The first kappa shape index (κ1) is 16.6. The van der Waals surface area contributed by atoms with E-state index in [0.29, 0.717) is 38.3 Å². The fourth-order valence-corrected chi connectivity index (χ4v) is 3.57. The third-order valence-electron chi connectivity index (χ3n) is 4.60. The van der Waals surface area contributed by atoms with Gasteiger partial charge in [0.05, 0.1) is 22.3 Å². The lowest BCUT2D eigenvalue weighted by Gasteiger charge is -2.10. The molecule has 0 aliphatic heterocycles. The van der Waals surface area contributed by atoms with Crippen LogP contribution < -0.4 is 10.1 Å². The second-order valence-corrected chi connectivity index (χ2v) is 6.70. The second-order valence-electron chi connectivity index (χ2n) is 6.26. The van der Waals surface area contributed by atoms with E-state index in [1.165, 1.54) is 18.5 Å². The van der Waals surface area contributed by atoms with Crippen molar-refractivity contribution in [2.75, 3.05) is 0 Å². The molecule has 5 rings (SSSR count). The number of benzene rings is 1. The molecule has 0 spiro atoms. The minimum Gasteiger partial charge on any atom is -0.315 e. The molecule has 4 heterocycles. The molecule has 5 aromatic rings. The molecule has 4 aromatic heterocycles. The van der Waals surface area contributed by atoms with E-state index in [2.05, 4.69) is 20.2 Å². The number of halogens is 2. The van der Waals surface area contributed by atoms with E-state index in [4.69, 9.17) is 11.6 Å². The summed E-state index contributed by atoms with van der Waals surface area (Å²) >= 11 is 6.07. The molecule has 1 aromatic carbocycles. The number of H-pyrrole nitrogens is 2. The maximum absolute atomic E-state index is 14.2. The molecule has 0 atom stereocenters. The Labute approximate surface area is 162 Å². The molecule has 0 amide bonds. The summed E-state index contributed by atoms with van der Waals surface area (Å²) in [7, 11) is 0. The molecular formula is C20H12ClFN5O+. The van der Waals surface area contributed by atoms with Crippen molar-refractivity contribution in [3.05, 3.63) is 82.4 Å². The Morgan fingerprint density at radius 3 is 2.75 bits per heavy atom. The van der Waals surface area contributed by atoms with Crippen LogP contribution in [-0.2, 0) is 0 Å². The number of pyridine rings is 3. The summed E-state index contributed by atoms with van der Waals surface area (Å²) in [6, 6.07) is 10.1. The van der Waals surface area contributed by atoms with Crippen molar-refractivity contribution in [1.82, 2.24) is 20.2 Å². The first-order valence-electron chi connectivity index (χ1n) is 8.43. The average molecular weight is 393 g/mol. The van der Waals surface area contributed by atoms with Crippen LogP contribution in [0.15, 0.2) is 66.0 Å². The van der Waals surface area contributed by atoms with Gasteiger partial charge in [-0.05, 0) is 12.1 Å². The summed E-state index contributed by atoms with van der Waals surface area (Å²) in [5.41, 5.74) is 2.57. The number of rotatable bonds is 2. The zero-order chi connectivity index (χ0) is 19.3. The molecule has 0 aliphatic carbocycles. The largest absolute Gasteiger partial charge is 0.321 e. The molecule has 136 valence electrons.